The van der Waals surface area contributed by atoms with Gasteiger partial charge in [-0.15, -0.1) is 0 Å². The van der Waals surface area contributed by atoms with Crippen LogP contribution in [0.2, 0.25) is 0 Å². The van der Waals surface area contributed by atoms with Gasteiger partial charge in [0.05, 0.1) is 11.9 Å². The van der Waals surface area contributed by atoms with Crippen molar-refractivity contribution in [1.82, 2.24) is 15.6 Å². The summed E-state index contributed by atoms with van der Waals surface area (Å²) < 4.78 is 5.34. The van der Waals surface area contributed by atoms with Crippen LogP contribution < -0.4 is 15.4 Å². The van der Waals surface area contributed by atoms with E-state index in [0.29, 0.717) is 12.3 Å². The molecule has 0 radical (unpaired) electrons. The van der Waals surface area contributed by atoms with Gasteiger partial charge in [0, 0.05) is 13.1 Å². The molecule has 1 aromatic heterocycles. The Hall–Kier alpha value is -1.62. The molecule has 5 heteroatoms. The van der Waals surface area contributed by atoms with Crippen LogP contribution >= 0.6 is 0 Å². The summed E-state index contributed by atoms with van der Waals surface area (Å²) >= 11 is 0. The average Bonchev–Trinajstić information content (AvgIpc) is 2.39. The molecule has 0 aliphatic carbocycles. The number of nitrogens with one attached hydrogen (secondary N) is 2. The highest BCUT2D eigenvalue weighted by molar-refractivity contribution is 5.77. The van der Waals surface area contributed by atoms with Crippen LogP contribution in [0.1, 0.15) is 25.5 Å². The Balaban J connectivity index is 2.27. The Labute approximate surface area is 108 Å². The third-order valence-electron chi connectivity index (χ3n) is 2.38. The first-order valence-corrected chi connectivity index (χ1v) is 6.25. The highest BCUT2D eigenvalue weighted by Gasteiger charge is 2.02. The highest BCUT2D eigenvalue weighted by Crippen LogP contribution is 2.08. The maximum absolute atomic E-state index is 11.4. The largest absolute Gasteiger partial charge is 0.482 e. The number of aromatic nitrogens is 1. The lowest BCUT2D eigenvalue weighted by atomic mass is 10.3. The summed E-state index contributed by atoms with van der Waals surface area (Å²) in [6.07, 6.45) is 3.69. The zero-order chi connectivity index (χ0) is 13.2. The summed E-state index contributed by atoms with van der Waals surface area (Å²) in [5.74, 6) is 0.517. The van der Waals surface area contributed by atoms with Gasteiger partial charge in [-0.25, -0.2) is 0 Å². The van der Waals surface area contributed by atoms with Crippen LogP contribution in [0, 0.1) is 0 Å². The fourth-order valence-electron chi connectivity index (χ4n) is 1.39. The summed E-state index contributed by atoms with van der Waals surface area (Å²) in [6.45, 7) is 3.55. The molecule has 0 aliphatic heterocycles. The summed E-state index contributed by atoms with van der Waals surface area (Å²) in [5, 5.41) is 5.81. The SMILES string of the molecule is CCCCNC(=O)COc1ccc(CNC)nc1. The minimum atomic E-state index is -0.0947. The molecule has 0 atom stereocenters. The number of hydrogen-bond donors (Lipinski definition) is 2. The molecule has 0 saturated carbocycles. The Morgan fingerprint density at radius 1 is 1.44 bits per heavy atom. The first-order valence-electron chi connectivity index (χ1n) is 6.25. The van der Waals surface area contributed by atoms with Crippen molar-refractivity contribution in [3.63, 3.8) is 0 Å². The number of amides is 1. The molecule has 0 aromatic carbocycles. The van der Waals surface area contributed by atoms with Crippen molar-refractivity contribution < 1.29 is 9.53 Å². The number of pyridine rings is 1. The first kappa shape index (κ1) is 14.4. The zero-order valence-electron chi connectivity index (χ0n) is 11.0. The van der Waals surface area contributed by atoms with Gasteiger partial charge in [0.2, 0.25) is 0 Å². The lowest BCUT2D eigenvalue weighted by Crippen LogP contribution is -2.29. The Bertz CT molecular complexity index is 352. The standard InChI is InChI=1S/C13H21N3O2/c1-3-4-7-15-13(17)10-18-12-6-5-11(8-14-2)16-9-12/h5-6,9,14H,3-4,7-8,10H2,1-2H3,(H,15,17). The lowest BCUT2D eigenvalue weighted by molar-refractivity contribution is -0.123. The zero-order valence-corrected chi connectivity index (χ0v) is 11.0. The lowest BCUT2D eigenvalue weighted by Gasteiger charge is -2.07. The number of ether oxygens (including phenoxy) is 1. The molecule has 0 saturated heterocycles. The second-order valence-electron chi connectivity index (χ2n) is 4.01. The molecule has 1 aromatic rings. The van der Waals surface area contributed by atoms with Crippen LogP contribution in [-0.4, -0.2) is 31.1 Å². The van der Waals surface area contributed by atoms with E-state index in [4.69, 9.17) is 4.74 Å². The van der Waals surface area contributed by atoms with Crippen LogP contribution in [0.25, 0.3) is 0 Å². The van der Waals surface area contributed by atoms with E-state index in [-0.39, 0.29) is 12.5 Å². The second-order valence-corrected chi connectivity index (χ2v) is 4.01. The Kier molecular flexibility index (Phi) is 6.79. The van der Waals surface area contributed by atoms with Crippen molar-refractivity contribution in [2.75, 3.05) is 20.2 Å². The number of carbonyl (C=O) groups is 1. The molecule has 1 heterocycles. The van der Waals surface area contributed by atoms with Crippen molar-refractivity contribution >= 4 is 5.91 Å². The van der Waals surface area contributed by atoms with E-state index in [0.717, 1.165) is 25.1 Å². The van der Waals surface area contributed by atoms with Crippen LogP contribution in [0.4, 0.5) is 0 Å². The number of rotatable bonds is 8. The van der Waals surface area contributed by atoms with E-state index in [1.54, 1.807) is 6.20 Å². The normalized spacial score (nSPS) is 10.1. The summed E-state index contributed by atoms with van der Waals surface area (Å²) in [4.78, 5) is 15.6. The first-order chi connectivity index (χ1) is 8.76. The molecule has 5 nitrogen and oxygen atoms in total. The van der Waals surface area contributed by atoms with Crippen LogP contribution in [0.5, 0.6) is 5.75 Å². The van der Waals surface area contributed by atoms with Crippen molar-refractivity contribution in [3.8, 4) is 5.75 Å². The van der Waals surface area contributed by atoms with E-state index >= 15 is 0 Å². The van der Waals surface area contributed by atoms with Gasteiger partial charge in [-0.1, -0.05) is 13.3 Å². The van der Waals surface area contributed by atoms with E-state index in [2.05, 4.69) is 22.5 Å². The predicted molar refractivity (Wildman–Crippen MR) is 70.4 cm³/mol. The van der Waals surface area contributed by atoms with E-state index in [9.17, 15) is 4.79 Å². The number of carbonyl (C=O) groups excluding carboxylic acids is 1. The molecule has 0 spiro atoms. The van der Waals surface area contributed by atoms with E-state index < -0.39 is 0 Å². The molecule has 100 valence electrons. The smallest absolute Gasteiger partial charge is 0.257 e. The van der Waals surface area contributed by atoms with E-state index in [1.165, 1.54) is 0 Å². The van der Waals surface area contributed by atoms with Crippen molar-refractivity contribution in [2.24, 2.45) is 0 Å². The molecule has 18 heavy (non-hydrogen) atoms. The quantitative estimate of drug-likeness (QED) is 0.679. The van der Waals surface area contributed by atoms with Gasteiger partial charge in [0.25, 0.3) is 5.91 Å². The fraction of sp³-hybridized carbons (Fsp3) is 0.538. The topological polar surface area (TPSA) is 63.2 Å². The van der Waals surface area contributed by atoms with Gasteiger partial charge in [-0.3, -0.25) is 9.78 Å². The van der Waals surface area contributed by atoms with Crippen LogP contribution in [0.15, 0.2) is 18.3 Å². The van der Waals surface area contributed by atoms with Crippen molar-refractivity contribution in [2.45, 2.75) is 26.3 Å². The highest BCUT2D eigenvalue weighted by atomic mass is 16.5. The fourth-order valence-corrected chi connectivity index (χ4v) is 1.39. The Morgan fingerprint density at radius 2 is 2.28 bits per heavy atom. The van der Waals surface area contributed by atoms with Gasteiger partial charge in [0.1, 0.15) is 5.75 Å². The summed E-state index contributed by atoms with van der Waals surface area (Å²) in [6, 6.07) is 3.69. The monoisotopic (exact) mass is 251 g/mol. The van der Waals surface area contributed by atoms with Gasteiger partial charge in [-0.2, -0.15) is 0 Å². The van der Waals surface area contributed by atoms with Gasteiger partial charge >= 0.3 is 0 Å². The molecule has 0 aliphatic rings. The second kappa shape index (κ2) is 8.47. The average molecular weight is 251 g/mol. The molecule has 1 amide bonds. The molecule has 0 unspecified atom stereocenters. The minimum absolute atomic E-state index is 0.0385. The molecule has 1 rings (SSSR count). The minimum Gasteiger partial charge on any atom is -0.482 e. The maximum Gasteiger partial charge on any atom is 0.257 e. The van der Waals surface area contributed by atoms with Crippen LogP contribution in [-0.2, 0) is 11.3 Å². The van der Waals surface area contributed by atoms with Crippen molar-refractivity contribution in [1.29, 1.82) is 0 Å². The third-order valence-corrected chi connectivity index (χ3v) is 2.38. The Morgan fingerprint density at radius 3 is 2.89 bits per heavy atom. The predicted octanol–water partition coefficient (Wildman–Crippen LogP) is 1.10. The molecule has 0 bridgehead atoms. The molecular weight excluding hydrogens is 230 g/mol. The number of nitrogens with zero attached hydrogens (tertiary/aromatic N) is 1. The van der Waals surface area contributed by atoms with Gasteiger partial charge < -0.3 is 15.4 Å². The van der Waals surface area contributed by atoms with Gasteiger partial charge in [-0.05, 0) is 25.6 Å². The summed E-state index contributed by atoms with van der Waals surface area (Å²) in [5.41, 5.74) is 0.942. The number of hydrogen-bond acceptors (Lipinski definition) is 4. The van der Waals surface area contributed by atoms with Gasteiger partial charge in [0.15, 0.2) is 6.61 Å². The molecule has 0 fully saturated rings. The third kappa shape index (κ3) is 5.63. The number of unbranched alkanes of at least 4 members (excludes halogenated alkanes) is 1. The maximum atomic E-state index is 11.4. The van der Waals surface area contributed by atoms with E-state index in [1.807, 2.05) is 19.2 Å². The molecular formula is C13H21N3O2. The van der Waals surface area contributed by atoms with Crippen LogP contribution in [0.3, 0.4) is 0 Å². The molecule has 2 N–H and O–H groups in total. The van der Waals surface area contributed by atoms with Crippen molar-refractivity contribution in [3.05, 3.63) is 24.0 Å². The summed E-state index contributed by atoms with van der Waals surface area (Å²) in [7, 11) is 1.87.